The van der Waals surface area contributed by atoms with Crippen LogP contribution in [-0.4, -0.2) is 48.9 Å². The Morgan fingerprint density at radius 3 is 2.06 bits per heavy atom. The summed E-state index contributed by atoms with van der Waals surface area (Å²) in [6.45, 7) is 0. The van der Waals surface area contributed by atoms with Crippen molar-refractivity contribution in [2.75, 3.05) is 33.8 Å². The number of rotatable bonds is 7. The van der Waals surface area contributed by atoms with Gasteiger partial charge in [-0.3, -0.25) is 4.79 Å². The van der Waals surface area contributed by atoms with E-state index in [2.05, 4.69) is 15.4 Å². The predicted octanol–water partition coefficient (Wildman–Crippen LogP) is 4.70. The van der Waals surface area contributed by atoms with Gasteiger partial charge < -0.3 is 24.3 Å². The van der Waals surface area contributed by atoms with Crippen molar-refractivity contribution >= 4 is 17.2 Å². The molecule has 0 aliphatic heterocycles. The normalized spacial score (nSPS) is 11.3. The number of carbonyl (C=O) groups excluding carboxylic acids is 1. The van der Waals surface area contributed by atoms with Gasteiger partial charge in [-0.2, -0.15) is 18.3 Å². The highest BCUT2D eigenvalue weighted by Crippen LogP contribution is 2.36. The van der Waals surface area contributed by atoms with Gasteiger partial charge in [-0.05, 0) is 36.4 Å². The average molecular weight is 502 g/mol. The third-order valence-electron chi connectivity index (χ3n) is 5.27. The number of ether oxygens (including phenoxy) is 4. The Balaban J connectivity index is 1.75. The van der Waals surface area contributed by atoms with Gasteiger partial charge in [0, 0.05) is 23.4 Å². The molecule has 1 amide bonds. The molecule has 0 aliphatic carbocycles. The van der Waals surface area contributed by atoms with Crippen LogP contribution in [0, 0.1) is 0 Å². The van der Waals surface area contributed by atoms with Crippen molar-refractivity contribution in [1.82, 2.24) is 14.6 Å². The van der Waals surface area contributed by atoms with Gasteiger partial charge in [0.15, 0.2) is 40.0 Å². The number of fused-ring (bicyclic) bond motifs is 1. The van der Waals surface area contributed by atoms with E-state index < -0.39 is 17.8 Å². The zero-order valence-electron chi connectivity index (χ0n) is 19.6. The zero-order valence-corrected chi connectivity index (χ0v) is 19.6. The van der Waals surface area contributed by atoms with E-state index >= 15 is 0 Å². The van der Waals surface area contributed by atoms with Gasteiger partial charge in [0.05, 0.1) is 34.1 Å². The lowest BCUT2D eigenvalue weighted by atomic mass is 10.1. The Hall–Kier alpha value is -4.48. The van der Waals surface area contributed by atoms with Crippen molar-refractivity contribution in [3.63, 3.8) is 0 Å². The number of halogens is 3. The smallest absolute Gasteiger partial charge is 0.433 e. The van der Waals surface area contributed by atoms with E-state index in [1.54, 1.807) is 24.3 Å². The summed E-state index contributed by atoms with van der Waals surface area (Å²) in [5, 5.41) is 6.46. The highest BCUT2D eigenvalue weighted by Gasteiger charge is 2.35. The summed E-state index contributed by atoms with van der Waals surface area (Å²) in [6.07, 6.45) is -4.77. The Morgan fingerprint density at radius 1 is 0.833 bits per heavy atom. The lowest BCUT2D eigenvalue weighted by Gasteiger charge is -2.12. The second kappa shape index (κ2) is 9.64. The van der Waals surface area contributed by atoms with E-state index in [-0.39, 0.29) is 17.0 Å². The van der Waals surface area contributed by atoms with Crippen LogP contribution in [0.4, 0.5) is 18.9 Å². The van der Waals surface area contributed by atoms with Crippen LogP contribution in [0.1, 0.15) is 16.2 Å². The third kappa shape index (κ3) is 4.69. The maximum absolute atomic E-state index is 13.9. The van der Waals surface area contributed by atoms with Gasteiger partial charge in [0.1, 0.15) is 0 Å². The molecule has 2 aromatic heterocycles. The molecule has 0 spiro atoms. The first-order valence-electron chi connectivity index (χ1n) is 10.4. The minimum atomic E-state index is -4.77. The first-order chi connectivity index (χ1) is 17.2. The highest BCUT2D eigenvalue weighted by atomic mass is 19.4. The van der Waals surface area contributed by atoms with Crippen LogP contribution in [0.2, 0.25) is 0 Å². The summed E-state index contributed by atoms with van der Waals surface area (Å²) >= 11 is 0. The average Bonchev–Trinajstić information content (AvgIpc) is 3.31. The third-order valence-corrected chi connectivity index (χ3v) is 5.27. The van der Waals surface area contributed by atoms with Crippen molar-refractivity contribution in [2.45, 2.75) is 6.18 Å². The first kappa shape index (κ1) is 24.6. The fourth-order valence-corrected chi connectivity index (χ4v) is 3.54. The van der Waals surface area contributed by atoms with Gasteiger partial charge in [-0.1, -0.05) is 0 Å². The number of nitrogens with zero attached hydrogens (tertiary/aromatic N) is 3. The van der Waals surface area contributed by atoms with Crippen molar-refractivity contribution < 1.29 is 36.9 Å². The topological polar surface area (TPSA) is 96.2 Å². The fourth-order valence-electron chi connectivity index (χ4n) is 3.54. The molecular weight excluding hydrogens is 481 g/mol. The molecule has 0 radical (unpaired) electrons. The van der Waals surface area contributed by atoms with Gasteiger partial charge in [-0.15, -0.1) is 0 Å². The van der Waals surface area contributed by atoms with Crippen molar-refractivity contribution in [2.24, 2.45) is 0 Å². The SMILES string of the molecule is COc1ccc(NC(=O)c2cc3nc(-c4ccc(OC)c(OC)c4)cc(C(F)(F)F)n3n2)cc1OC. The van der Waals surface area contributed by atoms with E-state index in [0.29, 0.717) is 38.8 Å². The molecule has 188 valence electrons. The number of anilines is 1. The van der Waals surface area contributed by atoms with E-state index in [4.69, 9.17) is 18.9 Å². The van der Waals surface area contributed by atoms with Crippen LogP contribution in [0.25, 0.3) is 16.9 Å². The van der Waals surface area contributed by atoms with Gasteiger partial charge in [-0.25, -0.2) is 9.50 Å². The summed E-state index contributed by atoms with van der Waals surface area (Å²) in [4.78, 5) is 17.1. The Labute approximate surface area is 203 Å². The molecule has 0 bridgehead atoms. The molecule has 0 aliphatic rings. The molecular formula is C24H21F3N4O5. The molecule has 36 heavy (non-hydrogen) atoms. The number of benzene rings is 2. The number of aromatic nitrogens is 3. The standard InChI is InChI=1S/C24H21F3N4O5/c1-33-17-7-5-13(9-19(17)35-3)15-11-21(24(25,26)27)31-22(29-15)12-16(30-31)23(32)28-14-6-8-18(34-2)20(10-14)36-4/h5-12H,1-4H3,(H,28,32). The largest absolute Gasteiger partial charge is 0.493 e. The minimum absolute atomic E-state index is 0.0162. The van der Waals surface area contributed by atoms with Crippen LogP contribution < -0.4 is 24.3 Å². The molecule has 12 heteroatoms. The lowest BCUT2D eigenvalue weighted by Crippen LogP contribution is -2.15. The zero-order chi connectivity index (χ0) is 26.0. The van der Waals surface area contributed by atoms with Crippen LogP contribution in [0.15, 0.2) is 48.5 Å². The molecule has 2 aromatic carbocycles. The Bertz CT molecular complexity index is 1440. The summed E-state index contributed by atoms with van der Waals surface area (Å²) < 4.78 is 63.2. The number of carbonyl (C=O) groups is 1. The van der Waals surface area contributed by atoms with Gasteiger partial charge in [0.25, 0.3) is 5.91 Å². The number of methoxy groups -OCH3 is 4. The minimum Gasteiger partial charge on any atom is -0.493 e. The second-order valence-corrected chi connectivity index (χ2v) is 7.42. The van der Waals surface area contributed by atoms with E-state index in [0.717, 1.165) is 6.07 Å². The van der Waals surface area contributed by atoms with Crippen molar-refractivity contribution in [1.29, 1.82) is 0 Å². The van der Waals surface area contributed by atoms with Gasteiger partial charge in [0.2, 0.25) is 0 Å². The van der Waals surface area contributed by atoms with Crippen molar-refractivity contribution in [3.05, 3.63) is 59.9 Å². The van der Waals surface area contributed by atoms with Crippen LogP contribution in [0.5, 0.6) is 23.0 Å². The highest BCUT2D eigenvalue weighted by molar-refractivity contribution is 6.03. The maximum Gasteiger partial charge on any atom is 0.433 e. The fraction of sp³-hybridized carbons (Fsp3) is 0.208. The van der Waals surface area contributed by atoms with Crippen LogP contribution in [-0.2, 0) is 6.18 Å². The first-order valence-corrected chi connectivity index (χ1v) is 10.4. The Kier molecular flexibility index (Phi) is 6.60. The van der Waals surface area contributed by atoms with Crippen molar-refractivity contribution in [3.8, 4) is 34.3 Å². The monoisotopic (exact) mass is 502 g/mol. The maximum atomic E-state index is 13.9. The molecule has 0 fully saturated rings. The van der Waals surface area contributed by atoms with Crippen LogP contribution in [0.3, 0.4) is 0 Å². The molecule has 9 nitrogen and oxygen atoms in total. The number of amides is 1. The number of hydrogen-bond donors (Lipinski definition) is 1. The number of hydrogen-bond acceptors (Lipinski definition) is 7. The van der Waals surface area contributed by atoms with Gasteiger partial charge >= 0.3 is 6.18 Å². The molecule has 0 unspecified atom stereocenters. The predicted molar refractivity (Wildman–Crippen MR) is 124 cm³/mol. The molecule has 0 atom stereocenters. The van der Waals surface area contributed by atoms with E-state index in [1.165, 1.54) is 46.6 Å². The summed E-state index contributed by atoms with van der Waals surface area (Å²) in [6, 6.07) is 11.3. The lowest BCUT2D eigenvalue weighted by molar-refractivity contribution is -0.142. The molecule has 4 rings (SSSR count). The quantitative estimate of drug-likeness (QED) is 0.391. The molecule has 1 N–H and O–H groups in total. The van der Waals surface area contributed by atoms with E-state index in [9.17, 15) is 18.0 Å². The van der Waals surface area contributed by atoms with E-state index in [1.807, 2.05) is 0 Å². The molecule has 0 saturated carbocycles. The van der Waals surface area contributed by atoms with Crippen LogP contribution >= 0.6 is 0 Å². The number of nitrogens with one attached hydrogen (secondary N) is 1. The molecule has 2 heterocycles. The summed E-state index contributed by atoms with van der Waals surface area (Å²) in [5.41, 5.74) is -0.799. The second-order valence-electron chi connectivity index (χ2n) is 7.42. The number of alkyl halides is 3. The molecule has 0 saturated heterocycles. The summed E-state index contributed by atoms with van der Waals surface area (Å²) in [5.74, 6) is 0.829. The molecule has 4 aromatic rings. The summed E-state index contributed by atoms with van der Waals surface area (Å²) in [7, 11) is 5.77. The Morgan fingerprint density at radius 2 is 1.44 bits per heavy atom.